The number of nitrogens with zero attached hydrogens (tertiary/aromatic N) is 1. The molecule has 0 amide bonds. The van der Waals surface area contributed by atoms with Crippen molar-refractivity contribution in [3.05, 3.63) is 0 Å². The Hall–Kier alpha value is -0.550. The lowest BCUT2D eigenvalue weighted by molar-refractivity contribution is 0.264. The van der Waals surface area contributed by atoms with Gasteiger partial charge in [0, 0.05) is 12.6 Å². The molecule has 2 heteroatoms. The second-order valence-electron chi connectivity index (χ2n) is 4.37. The Morgan fingerprint density at radius 3 is 2.62 bits per heavy atom. The van der Waals surface area contributed by atoms with Crippen molar-refractivity contribution >= 4 is 0 Å². The lowest BCUT2D eigenvalue weighted by Crippen LogP contribution is -2.33. The van der Waals surface area contributed by atoms with E-state index in [-0.39, 0.29) is 5.92 Å². The summed E-state index contributed by atoms with van der Waals surface area (Å²) in [6.45, 7) is 5.02. The summed E-state index contributed by atoms with van der Waals surface area (Å²) in [5, 5.41) is 12.0. The highest BCUT2D eigenvalue weighted by molar-refractivity contribution is 4.82. The largest absolute Gasteiger partial charge is 0.313 e. The highest BCUT2D eigenvalue weighted by atomic mass is 14.9. The molecule has 0 spiro atoms. The number of rotatable bonds is 5. The normalized spacial score (nSPS) is 21.6. The fourth-order valence-electron chi connectivity index (χ4n) is 1.74. The van der Waals surface area contributed by atoms with E-state index in [0.29, 0.717) is 6.04 Å². The molecule has 1 fully saturated rings. The molecule has 0 radical (unpaired) electrons. The monoisotopic (exact) mass is 180 g/mol. The summed E-state index contributed by atoms with van der Waals surface area (Å²) in [4.78, 5) is 0. The molecule has 1 aliphatic rings. The molecule has 0 aromatic carbocycles. The van der Waals surface area contributed by atoms with Gasteiger partial charge in [-0.1, -0.05) is 19.3 Å². The molecule has 2 unspecified atom stereocenters. The summed E-state index contributed by atoms with van der Waals surface area (Å²) in [7, 11) is 0. The molecule has 0 aromatic heterocycles. The van der Waals surface area contributed by atoms with Crippen LogP contribution < -0.4 is 5.32 Å². The van der Waals surface area contributed by atoms with E-state index in [1.807, 2.05) is 6.92 Å². The van der Waals surface area contributed by atoms with Crippen LogP contribution in [0.2, 0.25) is 0 Å². The van der Waals surface area contributed by atoms with Crippen LogP contribution in [-0.2, 0) is 0 Å². The molecule has 13 heavy (non-hydrogen) atoms. The molecule has 2 nitrogen and oxygen atoms in total. The predicted octanol–water partition coefficient (Wildman–Crippen LogP) is 2.31. The molecule has 0 saturated heterocycles. The Bertz CT molecular complexity index is 179. The minimum absolute atomic E-state index is 0.142. The van der Waals surface area contributed by atoms with Gasteiger partial charge in [-0.15, -0.1) is 0 Å². The molecule has 1 aliphatic carbocycles. The van der Waals surface area contributed by atoms with Gasteiger partial charge in [-0.25, -0.2) is 0 Å². The van der Waals surface area contributed by atoms with E-state index in [2.05, 4.69) is 18.3 Å². The van der Waals surface area contributed by atoms with Gasteiger partial charge in [-0.05, 0) is 26.2 Å². The van der Waals surface area contributed by atoms with Crippen LogP contribution >= 0.6 is 0 Å². The van der Waals surface area contributed by atoms with Crippen LogP contribution in [0.5, 0.6) is 0 Å². The first-order chi connectivity index (χ1) is 6.22. The summed E-state index contributed by atoms with van der Waals surface area (Å²) in [6.07, 6.45) is 5.55. The summed E-state index contributed by atoms with van der Waals surface area (Å²) in [6, 6.07) is 2.82. The van der Waals surface area contributed by atoms with E-state index in [1.165, 1.54) is 25.7 Å². The van der Waals surface area contributed by atoms with Gasteiger partial charge < -0.3 is 5.32 Å². The summed E-state index contributed by atoms with van der Waals surface area (Å²) in [5.41, 5.74) is 0. The van der Waals surface area contributed by atoms with Crippen LogP contribution in [0, 0.1) is 23.2 Å². The van der Waals surface area contributed by atoms with Crippen LogP contribution in [-0.4, -0.2) is 12.6 Å². The number of hydrogen-bond donors (Lipinski definition) is 1. The molecule has 1 N–H and O–H groups in total. The van der Waals surface area contributed by atoms with Crippen molar-refractivity contribution in [2.45, 2.75) is 45.6 Å². The minimum Gasteiger partial charge on any atom is -0.313 e. The SMILES string of the molecule is CC(C#N)CNC(C)CC1CCC1. The van der Waals surface area contributed by atoms with E-state index in [1.54, 1.807) is 0 Å². The standard InChI is InChI=1S/C11H20N2/c1-9(7-12)8-13-10(2)6-11-4-3-5-11/h9-11,13H,3-6,8H2,1-2H3. The van der Waals surface area contributed by atoms with Crippen LogP contribution in [0.1, 0.15) is 39.5 Å². The second kappa shape index (κ2) is 5.24. The molecule has 2 atom stereocenters. The fourth-order valence-corrected chi connectivity index (χ4v) is 1.74. The minimum atomic E-state index is 0.142. The predicted molar refractivity (Wildman–Crippen MR) is 54.2 cm³/mol. The van der Waals surface area contributed by atoms with Crippen molar-refractivity contribution in [2.75, 3.05) is 6.54 Å². The zero-order valence-corrected chi connectivity index (χ0v) is 8.71. The third-order valence-electron chi connectivity index (χ3n) is 2.90. The lowest BCUT2D eigenvalue weighted by Gasteiger charge is -2.28. The van der Waals surface area contributed by atoms with Crippen LogP contribution in [0.3, 0.4) is 0 Å². The van der Waals surface area contributed by atoms with Crippen LogP contribution in [0.15, 0.2) is 0 Å². The Labute approximate surface area is 81.3 Å². The number of nitrogens with one attached hydrogen (secondary N) is 1. The second-order valence-corrected chi connectivity index (χ2v) is 4.37. The Balaban J connectivity index is 2.03. The Kier molecular flexibility index (Phi) is 4.24. The van der Waals surface area contributed by atoms with Gasteiger partial charge in [-0.3, -0.25) is 0 Å². The van der Waals surface area contributed by atoms with Gasteiger partial charge in [0.25, 0.3) is 0 Å². The van der Waals surface area contributed by atoms with E-state index < -0.39 is 0 Å². The molecule has 1 rings (SSSR count). The molecule has 74 valence electrons. The van der Waals surface area contributed by atoms with E-state index in [9.17, 15) is 0 Å². The number of hydrogen-bond acceptors (Lipinski definition) is 2. The first-order valence-electron chi connectivity index (χ1n) is 5.35. The molecular weight excluding hydrogens is 160 g/mol. The average Bonchev–Trinajstić information content (AvgIpc) is 2.07. The number of nitriles is 1. The molecule has 1 saturated carbocycles. The first-order valence-corrected chi connectivity index (χ1v) is 5.35. The molecule has 0 heterocycles. The smallest absolute Gasteiger partial charge is 0.0666 e. The summed E-state index contributed by atoms with van der Waals surface area (Å²) >= 11 is 0. The highest BCUT2D eigenvalue weighted by Crippen LogP contribution is 2.30. The average molecular weight is 180 g/mol. The highest BCUT2D eigenvalue weighted by Gasteiger charge is 2.19. The van der Waals surface area contributed by atoms with Crippen molar-refractivity contribution in [1.82, 2.24) is 5.32 Å². The van der Waals surface area contributed by atoms with Gasteiger partial charge >= 0.3 is 0 Å². The first kappa shape index (κ1) is 10.5. The maximum atomic E-state index is 8.60. The summed E-state index contributed by atoms with van der Waals surface area (Å²) in [5.74, 6) is 1.10. The van der Waals surface area contributed by atoms with Crippen molar-refractivity contribution in [1.29, 1.82) is 5.26 Å². The van der Waals surface area contributed by atoms with Crippen LogP contribution in [0.25, 0.3) is 0 Å². The molecular formula is C11H20N2. The van der Waals surface area contributed by atoms with Crippen molar-refractivity contribution < 1.29 is 0 Å². The van der Waals surface area contributed by atoms with E-state index in [4.69, 9.17) is 5.26 Å². The third-order valence-corrected chi connectivity index (χ3v) is 2.90. The Morgan fingerprint density at radius 2 is 2.15 bits per heavy atom. The topological polar surface area (TPSA) is 35.8 Å². The molecule has 0 aliphatic heterocycles. The third kappa shape index (κ3) is 3.78. The van der Waals surface area contributed by atoms with Crippen LogP contribution in [0.4, 0.5) is 0 Å². The fraction of sp³-hybridized carbons (Fsp3) is 0.909. The zero-order valence-electron chi connectivity index (χ0n) is 8.71. The van der Waals surface area contributed by atoms with Gasteiger partial charge in [0.15, 0.2) is 0 Å². The lowest BCUT2D eigenvalue weighted by atomic mass is 9.81. The summed E-state index contributed by atoms with van der Waals surface area (Å²) < 4.78 is 0. The van der Waals surface area contributed by atoms with Gasteiger partial charge in [0.2, 0.25) is 0 Å². The molecule has 0 aromatic rings. The van der Waals surface area contributed by atoms with Crippen molar-refractivity contribution in [3.63, 3.8) is 0 Å². The van der Waals surface area contributed by atoms with Crippen molar-refractivity contribution in [2.24, 2.45) is 11.8 Å². The van der Waals surface area contributed by atoms with Gasteiger partial charge in [-0.2, -0.15) is 5.26 Å². The van der Waals surface area contributed by atoms with E-state index in [0.717, 1.165) is 12.5 Å². The zero-order chi connectivity index (χ0) is 9.68. The van der Waals surface area contributed by atoms with Gasteiger partial charge in [0.1, 0.15) is 0 Å². The quantitative estimate of drug-likeness (QED) is 0.704. The maximum Gasteiger partial charge on any atom is 0.0666 e. The molecule has 0 bridgehead atoms. The Morgan fingerprint density at radius 1 is 1.46 bits per heavy atom. The maximum absolute atomic E-state index is 8.60. The van der Waals surface area contributed by atoms with Gasteiger partial charge in [0.05, 0.1) is 12.0 Å². The van der Waals surface area contributed by atoms with Crippen molar-refractivity contribution in [3.8, 4) is 6.07 Å². The van der Waals surface area contributed by atoms with E-state index >= 15 is 0 Å².